The van der Waals surface area contributed by atoms with Crippen LogP contribution in [0, 0.1) is 0 Å². The van der Waals surface area contributed by atoms with Crippen LogP contribution in [0.4, 0.5) is 0 Å². The van der Waals surface area contributed by atoms with Crippen LogP contribution < -0.4 is 5.32 Å². The van der Waals surface area contributed by atoms with Crippen LogP contribution in [0.1, 0.15) is 40.0 Å². The topological polar surface area (TPSA) is 39.7 Å². The summed E-state index contributed by atoms with van der Waals surface area (Å²) in [4.78, 5) is 0. The van der Waals surface area contributed by atoms with Gasteiger partial charge in [0.1, 0.15) is 0 Å². The first-order valence-corrected chi connectivity index (χ1v) is 8.71. The first kappa shape index (κ1) is 17.1. The summed E-state index contributed by atoms with van der Waals surface area (Å²) >= 11 is 0. The molecule has 0 aromatic carbocycles. The smallest absolute Gasteiger partial charge is 0.377 e. The molecule has 0 aromatic heterocycles. The molecule has 0 saturated carbocycles. The van der Waals surface area contributed by atoms with Crippen molar-refractivity contribution in [2.75, 3.05) is 33.4 Å². The van der Waals surface area contributed by atoms with E-state index in [4.69, 9.17) is 13.3 Å². The molecule has 0 aliphatic heterocycles. The number of hydrogen-bond donors (Lipinski definition) is 1. The average molecular weight is 263 g/mol. The number of rotatable bonds is 12. The summed E-state index contributed by atoms with van der Waals surface area (Å²) in [6, 6.07) is 0.893. The molecular formula is C12H29NO3Si. The lowest BCUT2D eigenvalue weighted by atomic mass is 10.3. The summed E-state index contributed by atoms with van der Waals surface area (Å²) in [6.45, 7) is 9.60. The van der Waals surface area contributed by atoms with Gasteiger partial charge in [0, 0.05) is 26.4 Å². The highest BCUT2D eigenvalue weighted by Crippen LogP contribution is 2.16. The highest BCUT2D eigenvalue weighted by molar-refractivity contribution is 6.60. The molecule has 104 valence electrons. The van der Waals surface area contributed by atoms with Gasteiger partial charge in [-0.1, -0.05) is 13.3 Å². The molecule has 0 fully saturated rings. The van der Waals surface area contributed by atoms with Crippen molar-refractivity contribution in [3.05, 3.63) is 0 Å². The maximum Gasteiger partial charge on any atom is 0.500 e. The SMILES string of the molecule is CCCCNCCC[Si](OC)(OCC)OCC. The summed E-state index contributed by atoms with van der Waals surface area (Å²) in [5, 5.41) is 3.42. The minimum Gasteiger partial charge on any atom is -0.377 e. The highest BCUT2D eigenvalue weighted by atomic mass is 28.4. The second-order valence-electron chi connectivity index (χ2n) is 3.96. The molecule has 1 N–H and O–H groups in total. The lowest BCUT2D eigenvalue weighted by Crippen LogP contribution is -2.45. The molecule has 0 rings (SSSR count). The van der Waals surface area contributed by atoms with Gasteiger partial charge in [-0.05, 0) is 39.8 Å². The molecule has 0 amide bonds. The predicted molar refractivity (Wildman–Crippen MR) is 73.2 cm³/mol. The largest absolute Gasteiger partial charge is 0.500 e. The van der Waals surface area contributed by atoms with E-state index in [-0.39, 0.29) is 0 Å². The Bertz CT molecular complexity index is 164. The van der Waals surface area contributed by atoms with E-state index in [2.05, 4.69) is 12.2 Å². The standard InChI is InChI=1S/C12H29NO3Si/c1-5-8-10-13-11-9-12-17(14-4,15-6-2)16-7-3/h13H,5-12H2,1-4H3. The van der Waals surface area contributed by atoms with Crippen molar-refractivity contribution in [1.82, 2.24) is 5.32 Å². The molecule has 0 aliphatic carbocycles. The van der Waals surface area contributed by atoms with E-state index < -0.39 is 8.80 Å². The zero-order valence-corrected chi connectivity index (χ0v) is 12.9. The molecule has 0 atom stereocenters. The molecule has 4 nitrogen and oxygen atoms in total. The summed E-state index contributed by atoms with van der Waals surface area (Å²) in [5.41, 5.74) is 0. The maximum atomic E-state index is 5.71. The molecule has 0 bridgehead atoms. The van der Waals surface area contributed by atoms with Crippen molar-refractivity contribution >= 4 is 8.80 Å². The number of unbranched alkanes of at least 4 members (excludes halogenated alkanes) is 1. The molecule has 0 aliphatic rings. The van der Waals surface area contributed by atoms with Crippen molar-refractivity contribution in [1.29, 1.82) is 0 Å². The second kappa shape index (κ2) is 11.2. The fourth-order valence-corrected chi connectivity index (χ4v) is 4.00. The maximum absolute atomic E-state index is 5.71. The molecule has 0 unspecified atom stereocenters. The Labute approximate surface area is 107 Å². The third-order valence-corrected chi connectivity index (χ3v) is 5.63. The van der Waals surface area contributed by atoms with E-state index in [0.29, 0.717) is 13.2 Å². The van der Waals surface area contributed by atoms with Gasteiger partial charge in [0.15, 0.2) is 0 Å². The van der Waals surface area contributed by atoms with Crippen LogP contribution in [-0.2, 0) is 13.3 Å². The van der Waals surface area contributed by atoms with Crippen molar-refractivity contribution < 1.29 is 13.3 Å². The van der Waals surface area contributed by atoms with Crippen LogP contribution in [0.5, 0.6) is 0 Å². The Morgan fingerprint density at radius 3 is 2.00 bits per heavy atom. The molecular weight excluding hydrogens is 234 g/mol. The normalized spacial score (nSPS) is 12.0. The van der Waals surface area contributed by atoms with E-state index in [0.717, 1.165) is 25.6 Å². The van der Waals surface area contributed by atoms with Gasteiger partial charge in [0.05, 0.1) is 0 Å². The Hall–Kier alpha value is 0.0569. The zero-order valence-electron chi connectivity index (χ0n) is 11.9. The van der Waals surface area contributed by atoms with Crippen molar-refractivity contribution in [3.8, 4) is 0 Å². The summed E-state index contributed by atoms with van der Waals surface area (Å²) in [6.07, 6.45) is 3.52. The fraction of sp³-hybridized carbons (Fsp3) is 1.00. The molecule has 17 heavy (non-hydrogen) atoms. The van der Waals surface area contributed by atoms with Gasteiger partial charge in [0.2, 0.25) is 0 Å². The second-order valence-corrected chi connectivity index (χ2v) is 6.81. The van der Waals surface area contributed by atoms with Crippen molar-refractivity contribution in [2.24, 2.45) is 0 Å². The minimum atomic E-state index is -2.38. The number of nitrogens with one attached hydrogen (secondary N) is 1. The Kier molecular flexibility index (Phi) is 11.2. The van der Waals surface area contributed by atoms with Gasteiger partial charge in [-0.25, -0.2) is 0 Å². The van der Waals surface area contributed by atoms with Crippen molar-refractivity contribution in [3.63, 3.8) is 0 Å². The monoisotopic (exact) mass is 263 g/mol. The van der Waals surface area contributed by atoms with Gasteiger partial charge >= 0.3 is 8.80 Å². The van der Waals surface area contributed by atoms with Crippen LogP contribution >= 0.6 is 0 Å². The van der Waals surface area contributed by atoms with Crippen LogP contribution in [0.15, 0.2) is 0 Å². The third kappa shape index (κ3) is 7.89. The van der Waals surface area contributed by atoms with Gasteiger partial charge in [0.25, 0.3) is 0 Å². The van der Waals surface area contributed by atoms with E-state index in [1.165, 1.54) is 12.8 Å². The average Bonchev–Trinajstić information content (AvgIpc) is 2.34. The summed E-state index contributed by atoms with van der Waals surface area (Å²) < 4.78 is 16.9. The molecule has 5 heteroatoms. The van der Waals surface area contributed by atoms with Crippen LogP contribution in [0.3, 0.4) is 0 Å². The van der Waals surface area contributed by atoms with E-state index in [1.54, 1.807) is 7.11 Å². The van der Waals surface area contributed by atoms with Gasteiger partial charge < -0.3 is 18.6 Å². The molecule has 0 radical (unpaired) electrons. The van der Waals surface area contributed by atoms with Crippen molar-refractivity contribution in [2.45, 2.75) is 46.1 Å². The van der Waals surface area contributed by atoms with Crippen LogP contribution in [0.25, 0.3) is 0 Å². The first-order valence-electron chi connectivity index (χ1n) is 6.78. The van der Waals surface area contributed by atoms with E-state index >= 15 is 0 Å². The van der Waals surface area contributed by atoms with Gasteiger partial charge in [-0.2, -0.15) is 0 Å². The molecule has 0 saturated heterocycles. The zero-order chi connectivity index (χ0) is 13.0. The van der Waals surface area contributed by atoms with Crippen LogP contribution in [0.2, 0.25) is 6.04 Å². The Morgan fingerprint density at radius 2 is 1.53 bits per heavy atom. The lowest BCUT2D eigenvalue weighted by Gasteiger charge is -2.27. The molecule has 0 aromatic rings. The summed E-state index contributed by atoms with van der Waals surface area (Å²) in [7, 11) is -0.681. The quantitative estimate of drug-likeness (QED) is 0.434. The highest BCUT2D eigenvalue weighted by Gasteiger charge is 2.38. The molecule has 0 heterocycles. The third-order valence-electron chi connectivity index (χ3n) is 2.58. The fourth-order valence-electron chi connectivity index (χ4n) is 1.70. The van der Waals surface area contributed by atoms with E-state index in [9.17, 15) is 0 Å². The number of hydrogen-bond acceptors (Lipinski definition) is 4. The van der Waals surface area contributed by atoms with E-state index in [1.807, 2.05) is 13.8 Å². The molecule has 0 spiro atoms. The summed E-state index contributed by atoms with van der Waals surface area (Å²) in [5.74, 6) is 0. The first-order chi connectivity index (χ1) is 8.24. The minimum absolute atomic E-state index is 0.656. The lowest BCUT2D eigenvalue weighted by molar-refractivity contribution is 0.0861. The van der Waals surface area contributed by atoms with Gasteiger partial charge in [-0.15, -0.1) is 0 Å². The van der Waals surface area contributed by atoms with Crippen LogP contribution in [-0.4, -0.2) is 42.2 Å². The predicted octanol–water partition coefficient (Wildman–Crippen LogP) is 2.42. The Balaban J connectivity index is 3.82. The van der Waals surface area contributed by atoms with Gasteiger partial charge in [-0.3, -0.25) is 0 Å². The Morgan fingerprint density at radius 1 is 0.941 bits per heavy atom.